The summed E-state index contributed by atoms with van der Waals surface area (Å²) in [5, 5.41) is 11.5. The van der Waals surface area contributed by atoms with Gasteiger partial charge < -0.3 is 9.80 Å². The maximum absolute atomic E-state index is 11.0. The Hall–Kier alpha value is -1.37. The van der Waals surface area contributed by atoms with Crippen molar-refractivity contribution in [2.45, 2.75) is 26.3 Å². The molecule has 0 saturated carbocycles. The summed E-state index contributed by atoms with van der Waals surface area (Å²) in [5.41, 5.74) is 1.90. The first kappa shape index (κ1) is 17.5. The molecule has 0 aliphatic carbocycles. The first-order valence-corrected chi connectivity index (χ1v) is 9.03. The number of nitrogens with zero attached hydrogens (tertiary/aromatic N) is 4. The number of likely N-dealkylation sites (N-methyl/N-ethyl adjacent to an activating group) is 1. The number of rotatable bonds is 4. The van der Waals surface area contributed by atoms with E-state index in [9.17, 15) is 10.1 Å². The van der Waals surface area contributed by atoms with E-state index in [0.29, 0.717) is 11.1 Å². The number of hydrogen-bond acceptors (Lipinski definition) is 5. The lowest BCUT2D eigenvalue weighted by atomic mass is 10.1. The van der Waals surface area contributed by atoms with E-state index in [2.05, 4.69) is 21.6 Å². The van der Waals surface area contributed by atoms with Gasteiger partial charge in [0.15, 0.2) is 0 Å². The van der Waals surface area contributed by atoms with Crippen molar-refractivity contribution in [3.05, 3.63) is 32.8 Å². The summed E-state index contributed by atoms with van der Waals surface area (Å²) in [7, 11) is 0. The third-order valence-electron chi connectivity index (χ3n) is 5.30. The Morgan fingerprint density at radius 2 is 1.96 bits per heavy atom. The zero-order chi connectivity index (χ0) is 17.3. The van der Waals surface area contributed by atoms with Crippen molar-refractivity contribution in [2.75, 3.05) is 50.7 Å². The Balaban J connectivity index is 1.69. The van der Waals surface area contributed by atoms with Crippen molar-refractivity contribution >= 4 is 23.0 Å². The summed E-state index contributed by atoms with van der Waals surface area (Å²) in [5.74, 6) is 0. The van der Waals surface area contributed by atoms with E-state index in [-0.39, 0.29) is 10.6 Å². The topological polar surface area (TPSA) is 52.9 Å². The minimum Gasteiger partial charge on any atom is -0.368 e. The van der Waals surface area contributed by atoms with Crippen LogP contribution in [0.4, 0.5) is 11.4 Å². The molecule has 6 nitrogen and oxygen atoms in total. The van der Waals surface area contributed by atoms with Crippen LogP contribution in [0.15, 0.2) is 12.1 Å². The molecular weight excluding hydrogens is 328 g/mol. The van der Waals surface area contributed by atoms with Gasteiger partial charge in [0.05, 0.1) is 15.6 Å². The predicted molar refractivity (Wildman–Crippen MR) is 97.1 cm³/mol. The lowest BCUT2D eigenvalue weighted by Crippen LogP contribution is -2.50. The molecule has 0 spiro atoms. The number of aryl methyl sites for hydroxylation is 1. The third kappa shape index (κ3) is 3.50. The lowest BCUT2D eigenvalue weighted by molar-refractivity contribution is -0.384. The lowest BCUT2D eigenvalue weighted by Gasteiger charge is -2.37. The van der Waals surface area contributed by atoms with Gasteiger partial charge in [-0.3, -0.25) is 15.0 Å². The summed E-state index contributed by atoms with van der Waals surface area (Å²) in [6.07, 6.45) is 1.12. The maximum Gasteiger partial charge on any atom is 0.271 e. The second-order valence-electron chi connectivity index (χ2n) is 6.71. The van der Waals surface area contributed by atoms with Gasteiger partial charge in [0.1, 0.15) is 0 Å². The normalized spacial score (nSPS) is 23.0. The monoisotopic (exact) mass is 352 g/mol. The van der Waals surface area contributed by atoms with Crippen molar-refractivity contribution in [1.29, 1.82) is 0 Å². The molecule has 3 rings (SSSR count). The molecule has 0 aromatic heterocycles. The Kier molecular flexibility index (Phi) is 5.27. The average molecular weight is 353 g/mol. The first-order valence-electron chi connectivity index (χ1n) is 8.65. The molecule has 0 N–H and O–H groups in total. The van der Waals surface area contributed by atoms with Crippen molar-refractivity contribution in [1.82, 2.24) is 9.80 Å². The summed E-state index contributed by atoms with van der Waals surface area (Å²) < 4.78 is 0. The number of piperazine rings is 1. The fraction of sp³-hybridized carbons (Fsp3) is 0.647. The molecule has 1 aromatic carbocycles. The van der Waals surface area contributed by atoms with Gasteiger partial charge in [0, 0.05) is 57.4 Å². The predicted octanol–water partition coefficient (Wildman–Crippen LogP) is 2.77. The first-order chi connectivity index (χ1) is 11.5. The van der Waals surface area contributed by atoms with E-state index in [1.807, 2.05) is 6.92 Å². The second kappa shape index (κ2) is 7.25. The quantitative estimate of drug-likeness (QED) is 0.616. The summed E-state index contributed by atoms with van der Waals surface area (Å²) in [6.45, 7) is 11.7. The number of nitro benzene ring substituents is 1. The zero-order valence-corrected chi connectivity index (χ0v) is 15.1. The molecule has 7 heteroatoms. The fourth-order valence-electron chi connectivity index (χ4n) is 3.91. The van der Waals surface area contributed by atoms with E-state index in [1.54, 1.807) is 6.07 Å². The van der Waals surface area contributed by atoms with Crippen molar-refractivity contribution in [3.63, 3.8) is 0 Å². The highest BCUT2D eigenvalue weighted by Gasteiger charge is 2.31. The summed E-state index contributed by atoms with van der Waals surface area (Å²) in [6, 6.07) is 3.64. The summed E-state index contributed by atoms with van der Waals surface area (Å²) >= 11 is 6.36. The molecule has 24 heavy (non-hydrogen) atoms. The number of nitro groups is 1. The molecule has 0 amide bonds. The van der Waals surface area contributed by atoms with E-state index in [1.165, 1.54) is 6.07 Å². The van der Waals surface area contributed by atoms with Crippen LogP contribution in [-0.2, 0) is 0 Å². The maximum atomic E-state index is 11.0. The standard InChI is InChI=1S/C17H25ClN4O2/c1-3-19-6-8-20(9-7-19)14-4-5-21(12-14)17-13(2)10-15(22(23)24)11-16(17)18/h10-11,14H,3-9,12H2,1-2H3. The van der Waals surface area contributed by atoms with Gasteiger partial charge >= 0.3 is 0 Å². The van der Waals surface area contributed by atoms with Crippen LogP contribution in [0, 0.1) is 17.0 Å². The van der Waals surface area contributed by atoms with Gasteiger partial charge in [0.25, 0.3) is 5.69 Å². The second-order valence-corrected chi connectivity index (χ2v) is 7.12. The van der Waals surface area contributed by atoms with Crippen molar-refractivity contribution < 1.29 is 4.92 Å². The number of halogens is 1. The van der Waals surface area contributed by atoms with Crippen molar-refractivity contribution in [3.8, 4) is 0 Å². The molecule has 2 aliphatic rings. The molecule has 0 radical (unpaired) electrons. The highest BCUT2D eigenvalue weighted by molar-refractivity contribution is 6.33. The Bertz CT molecular complexity index is 594. The Labute approximate surface area is 148 Å². The van der Waals surface area contributed by atoms with Crippen LogP contribution in [-0.4, -0.2) is 66.6 Å². The Morgan fingerprint density at radius 1 is 1.25 bits per heavy atom. The van der Waals surface area contributed by atoms with Gasteiger partial charge in [-0.25, -0.2) is 0 Å². The van der Waals surface area contributed by atoms with Crippen LogP contribution < -0.4 is 4.90 Å². The highest BCUT2D eigenvalue weighted by atomic mass is 35.5. The van der Waals surface area contributed by atoms with Crippen LogP contribution in [0.5, 0.6) is 0 Å². The molecule has 2 aliphatic heterocycles. The van der Waals surface area contributed by atoms with E-state index in [4.69, 9.17) is 11.6 Å². The minimum absolute atomic E-state index is 0.0627. The van der Waals surface area contributed by atoms with Crippen LogP contribution in [0.2, 0.25) is 5.02 Å². The largest absolute Gasteiger partial charge is 0.368 e. The van der Waals surface area contributed by atoms with Crippen molar-refractivity contribution in [2.24, 2.45) is 0 Å². The van der Waals surface area contributed by atoms with Gasteiger partial charge in [-0.15, -0.1) is 0 Å². The third-order valence-corrected chi connectivity index (χ3v) is 5.59. The number of non-ortho nitro benzene ring substituents is 1. The molecule has 1 atom stereocenters. The smallest absolute Gasteiger partial charge is 0.271 e. The molecule has 132 valence electrons. The van der Waals surface area contributed by atoms with Crippen LogP contribution in [0.3, 0.4) is 0 Å². The molecular formula is C17H25ClN4O2. The molecule has 2 heterocycles. The van der Waals surface area contributed by atoms with Gasteiger partial charge in [-0.05, 0) is 25.5 Å². The number of hydrogen-bond donors (Lipinski definition) is 0. The minimum atomic E-state index is -0.386. The van der Waals surface area contributed by atoms with Crippen LogP contribution >= 0.6 is 11.6 Å². The summed E-state index contributed by atoms with van der Waals surface area (Å²) in [4.78, 5) is 17.9. The average Bonchev–Trinajstić information content (AvgIpc) is 3.03. The molecule has 1 unspecified atom stereocenters. The molecule has 0 bridgehead atoms. The van der Waals surface area contributed by atoms with Crippen LogP contribution in [0.1, 0.15) is 18.9 Å². The van der Waals surface area contributed by atoms with Gasteiger partial charge in [0.2, 0.25) is 0 Å². The molecule has 1 aromatic rings. The highest BCUT2D eigenvalue weighted by Crippen LogP contribution is 2.36. The van der Waals surface area contributed by atoms with Gasteiger partial charge in [-0.1, -0.05) is 18.5 Å². The number of benzene rings is 1. The zero-order valence-electron chi connectivity index (χ0n) is 14.4. The van der Waals surface area contributed by atoms with E-state index >= 15 is 0 Å². The van der Waals surface area contributed by atoms with Crippen LogP contribution in [0.25, 0.3) is 0 Å². The SMILES string of the molecule is CCN1CCN(C2CCN(c3c(C)cc([N+](=O)[O-])cc3Cl)C2)CC1. The number of anilines is 1. The fourth-order valence-corrected chi connectivity index (χ4v) is 4.29. The van der Waals surface area contributed by atoms with E-state index < -0.39 is 0 Å². The van der Waals surface area contributed by atoms with E-state index in [0.717, 1.165) is 63.5 Å². The molecule has 2 saturated heterocycles. The molecule has 2 fully saturated rings. The Morgan fingerprint density at radius 3 is 2.54 bits per heavy atom. The van der Waals surface area contributed by atoms with Gasteiger partial charge in [-0.2, -0.15) is 0 Å².